The van der Waals surface area contributed by atoms with E-state index in [0.717, 1.165) is 37.8 Å². The first-order chi connectivity index (χ1) is 12.5. The maximum atomic E-state index is 13.2. The van der Waals surface area contributed by atoms with Gasteiger partial charge in [-0.15, -0.1) is 0 Å². The van der Waals surface area contributed by atoms with Gasteiger partial charge in [0.2, 0.25) is 0 Å². The van der Waals surface area contributed by atoms with Gasteiger partial charge in [0.25, 0.3) is 11.8 Å². The lowest BCUT2D eigenvalue weighted by Crippen LogP contribution is -2.36. The van der Waals surface area contributed by atoms with Gasteiger partial charge in [0.15, 0.2) is 11.6 Å². The number of rotatable bonds is 4. The summed E-state index contributed by atoms with van der Waals surface area (Å²) in [5.74, 6) is -2.90. The molecular formula is C19H19F2N3O2. The normalized spacial score (nSPS) is 14.7. The van der Waals surface area contributed by atoms with E-state index in [2.05, 4.69) is 15.6 Å². The Morgan fingerprint density at radius 3 is 2.46 bits per heavy atom. The number of carbonyl (C=O) groups is 2. The molecule has 3 rings (SSSR count). The molecule has 1 saturated carbocycles. The summed E-state index contributed by atoms with van der Waals surface area (Å²) in [5.41, 5.74) is 0.478. The van der Waals surface area contributed by atoms with Crippen LogP contribution < -0.4 is 10.6 Å². The number of pyridine rings is 1. The molecule has 0 bridgehead atoms. The molecule has 5 nitrogen and oxygen atoms in total. The van der Waals surface area contributed by atoms with Gasteiger partial charge in [0.1, 0.15) is 5.69 Å². The van der Waals surface area contributed by atoms with Gasteiger partial charge in [-0.25, -0.2) is 8.78 Å². The van der Waals surface area contributed by atoms with Crippen molar-refractivity contribution in [3.8, 4) is 0 Å². The van der Waals surface area contributed by atoms with E-state index < -0.39 is 17.5 Å². The number of halogens is 2. The molecule has 1 heterocycles. The van der Waals surface area contributed by atoms with Crippen molar-refractivity contribution in [1.29, 1.82) is 0 Å². The van der Waals surface area contributed by atoms with Gasteiger partial charge in [-0.2, -0.15) is 0 Å². The van der Waals surface area contributed by atoms with Crippen LogP contribution in [0.1, 0.15) is 53.0 Å². The minimum Gasteiger partial charge on any atom is -0.348 e. The summed E-state index contributed by atoms with van der Waals surface area (Å²) in [7, 11) is 0. The van der Waals surface area contributed by atoms with Crippen LogP contribution in [-0.4, -0.2) is 22.8 Å². The van der Waals surface area contributed by atoms with Crippen LogP contribution in [-0.2, 0) is 0 Å². The van der Waals surface area contributed by atoms with Crippen molar-refractivity contribution in [2.24, 2.45) is 0 Å². The Bertz CT molecular complexity index is 820. The molecule has 0 radical (unpaired) electrons. The summed E-state index contributed by atoms with van der Waals surface area (Å²) in [6.45, 7) is 0. The van der Waals surface area contributed by atoms with Crippen molar-refractivity contribution in [3.05, 3.63) is 59.4 Å². The fraction of sp³-hybridized carbons (Fsp3) is 0.316. The average Bonchev–Trinajstić information content (AvgIpc) is 2.65. The lowest BCUT2D eigenvalue weighted by atomic mass is 9.95. The van der Waals surface area contributed by atoms with Crippen molar-refractivity contribution >= 4 is 17.5 Å². The van der Waals surface area contributed by atoms with E-state index >= 15 is 0 Å². The SMILES string of the molecule is O=C(Nc1ccc(F)c(F)c1)c1ccnc(C(=O)NC2CCCCC2)c1. The average molecular weight is 359 g/mol. The quantitative estimate of drug-likeness (QED) is 0.875. The number of amides is 2. The number of carbonyl (C=O) groups excluding carboxylic acids is 2. The second-order valence-corrected chi connectivity index (χ2v) is 6.32. The molecule has 136 valence electrons. The number of anilines is 1. The van der Waals surface area contributed by atoms with Gasteiger partial charge < -0.3 is 10.6 Å². The van der Waals surface area contributed by atoms with Crippen LogP contribution in [0.2, 0.25) is 0 Å². The molecular weight excluding hydrogens is 340 g/mol. The monoisotopic (exact) mass is 359 g/mol. The van der Waals surface area contributed by atoms with Gasteiger partial charge in [-0.1, -0.05) is 19.3 Å². The van der Waals surface area contributed by atoms with E-state index in [0.29, 0.717) is 0 Å². The molecule has 0 aliphatic heterocycles. The van der Waals surface area contributed by atoms with Gasteiger partial charge >= 0.3 is 0 Å². The molecule has 1 aliphatic carbocycles. The first kappa shape index (κ1) is 18.0. The molecule has 26 heavy (non-hydrogen) atoms. The lowest BCUT2D eigenvalue weighted by molar-refractivity contribution is 0.0922. The molecule has 2 N–H and O–H groups in total. The fourth-order valence-corrected chi connectivity index (χ4v) is 2.98. The number of nitrogens with one attached hydrogen (secondary N) is 2. The molecule has 2 aromatic rings. The Morgan fingerprint density at radius 1 is 0.962 bits per heavy atom. The number of aromatic nitrogens is 1. The third-order valence-electron chi connectivity index (χ3n) is 4.37. The molecule has 1 fully saturated rings. The zero-order valence-corrected chi connectivity index (χ0v) is 14.1. The first-order valence-electron chi connectivity index (χ1n) is 8.56. The third kappa shape index (κ3) is 4.41. The largest absolute Gasteiger partial charge is 0.348 e. The Balaban J connectivity index is 1.68. The van der Waals surface area contributed by atoms with Gasteiger partial charge in [-0.3, -0.25) is 14.6 Å². The van der Waals surface area contributed by atoms with E-state index in [9.17, 15) is 18.4 Å². The van der Waals surface area contributed by atoms with Crippen molar-refractivity contribution in [2.75, 3.05) is 5.32 Å². The highest BCUT2D eigenvalue weighted by Crippen LogP contribution is 2.18. The van der Waals surface area contributed by atoms with Gasteiger partial charge in [0.05, 0.1) is 0 Å². The van der Waals surface area contributed by atoms with Gasteiger partial charge in [-0.05, 0) is 37.1 Å². The van der Waals surface area contributed by atoms with Crippen molar-refractivity contribution in [2.45, 2.75) is 38.1 Å². The molecule has 0 unspecified atom stereocenters. The van der Waals surface area contributed by atoms with E-state index in [-0.39, 0.29) is 28.9 Å². The Hall–Kier alpha value is -2.83. The van der Waals surface area contributed by atoms with Crippen LogP contribution in [0.5, 0.6) is 0 Å². The number of hydrogen-bond donors (Lipinski definition) is 2. The standard InChI is InChI=1S/C19H19F2N3O2/c20-15-7-6-14(11-16(15)21)24-18(25)12-8-9-22-17(10-12)19(26)23-13-4-2-1-3-5-13/h6-11,13H,1-5H2,(H,23,26)(H,24,25). The lowest BCUT2D eigenvalue weighted by Gasteiger charge is -2.22. The molecule has 1 aromatic heterocycles. The summed E-state index contributed by atoms with van der Waals surface area (Å²) < 4.78 is 26.2. The Morgan fingerprint density at radius 2 is 1.73 bits per heavy atom. The van der Waals surface area contributed by atoms with Gasteiger partial charge in [0, 0.05) is 29.6 Å². The van der Waals surface area contributed by atoms with E-state index in [4.69, 9.17) is 0 Å². The molecule has 1 aliphatic rings. The highest BCUT2D eigenvalue weighted by atomic mass is 19.2. The minimum atomic E-state index is -1.05. The van der Waals surface area contributed by atoms with Crippen molar-refractivity contribution in [1.82, 2.24) is 10.3 Å². The molecule has 1 aromatic carbocycles. The summed E-state index contributed by atoms with van der Waals surface area (Å²) in [5, 5.41) is 5.41. The third-order valence-corrected chi connectivity index (χ3v) is 4.37. The predicted octanol–water partition coefficient (Wildman–Crippen LogP) is 3.67. The highest BCUT2D eigenvalue weighted by molar-refractivity contribution is 6.05. The van der Waals surface area contributed by atoms with E-state index in [1.807, 2.05) is 0 Å². The number of hydrogen-bond acceptors (Lipinski definition) is 3. The fourth-order valence-electron chi connectivity index (χ4n) is 2.98. The predicted molar refractivity (Wildman–Crippen MR) is 92.9 cm³/mol. The zero-order valence-electron chi connectivity index (χ0n) is 14.1. The maximum Gasteiger partial charge on any atom is 0.270 e. The molecule has 2 amide bonds. The summed E-state index contributed by atoms with van der Waals surface area (Å²) in [6, 6.07) is 6.05. The summed E-state index contributed by atoms with van der Waals surface area (Å²) in [6.07, 6.45) is 6.63. The minimum absolute atomic E-state index is 0.124. The molecule has 0 spiro atoms. The van der Waals surface area contributed by atoms with Crippen LogP contribution >= 0.6 is 0 Å². The van der Waals surface area contributed by atoms with Crippen LogP contribution in [0.15, 0.2) is 36.5 Å². The summed E-state index contributed by atoms with van der Waals surface area (Å²) >= 11 is 0. The van der Waals surface area contributed by atoms with Crippen molar-refractivity contribution < 1.29 is 18.4 Å². The smallest absolute Gasteiger partial charge is 0.270 e. The van der Waals surface area contributed by atoms with E-state index in [1.54, 1.807) is 0 Å². The first-order valence-corrected chi connectivity index (χ1v) is 8.56. The van der Waals surface area contributed by atoms with Crippen molar-refractivity contribution in [3.63, 3.8) is 0 Å². The second-order valence-electron chi connectivity index (χ2n) is 6.32. The van der Waals surface area contributed by atoms with Crippen LogP contribution in [0.4, 0.5) is 14.5 Å². The second kappa shape index (κ2) is 8.03. The summed E-state index contributed by atoms with van der Waals surface area (Å²) in [4.78, 5) is 28.6. The highest BCUT2D eigenvalue weighted by Gasteiger charge is 2.18. The van der Waals surface area contributed by atoms with E-state index in [1.165, 1.54) is 30.8 Å². The van der Waals surface area contributed by atoms with Crippen LogP contribution in [0.3, 0.4) is 0 Å². The maximum absolute atomic E-state index is 13.2. The molecule has 0 atom stereocenters. The van der Waals surface area contributed by atoms with Crippen LogP contribution in [0.25, 0.3) is 0 Å². The topological polar surface area (TPSA) is 71.1 Å². The molecule has 7 heteroatoms. The Labute approximate surface area is 149 Å². The van der Waals surface area contributed by atoms with Crippen LogP contribution in [0, 0.1) is 11.6 Å². The molecule has 0 saturated heterocycles. The number of benzene rings is 1. The zero-order chi connectivity index (χ0) is 18.5. The Kier molecular flexibility index (Phi) is 5.55. The number of nitrogens with zero attached hydrogens (tertiary/aromatic N) is 1.